The van der Waals surface area contributed by atoms with Crippen molar-refractivity contribution in [1.82, 2.24) is 9.80 Å². The van der Waals surface area contributed by atoms with Gasteiger partial charge in [-0.25, -0.2) is 0 Å². The monoisotopic (exact) mass is 480 g/mol. The molecule has 2 heterocycles. The Kier molecular flexibility index (Phi) is 10.4. The Balaban J connectivity index is 2.05. The van der Waals surface area contributed by atoms with Crippen molar-refractivity contribution in [2.75, 3.05) is 14.1 Å². The molecule has 2 rings (SSSR count). The minimum absolute atomic E-state index is 0.00764. The van der Waals surface area contributed by atoms with Gasteiger partial charge < -0.3 is 9.84 Å². The maximum atomic E-state index is 13.7. The first kappa shape index (κ1) is 29.1. The lowest BCUT2D eigenvalue weighted by Crippen LogP contribution is -2.59. The van der Waals surface area contributed by atoms with E-state index in [4.69, 9.17) is 9.84 Å². The number of esters is 1. The van der Waals surface area contributed by atoms with E-state index in [0.717, 1.165) is 64.2 Å². The quantitative estimate of drug-likeness (QED) is 0.292. The van der Waals surface area contributed by atoms with Gasteiger partial charge in [-0.15, -0.1) is 0 Å². The molecule has 34 heavy (non-hydrogen) atoms. The Morgan fingerprint density at radius 3 is 2.00 bits per heavy atom. The number of aliphatic carboxylic acids is 1. The summed E-state index contributed by atoms with van der Waals surface area (Å²) in [6.07, 6.45) is 9.79. The zero-order valence-electron chi connectivity index (χ0n) is 23.2. The van der Waals surface area contributed by atoms with Crippen molar-refractivity contribution in [2.24, 2.45) is 17.8 Å². The second kappa shape index (κ2) is 12.2. The summed E-state index contributed by atoms with van der Waals surface area (Å²) in [5.41, 5.74) is 0.0605. The number of likely N-dealkylation sites (tertiary alicyclic amines) is 2. The maximum Gasteiger partial charge on any atom is 0.312 e. The van der Waals surface area contributed by atoms with E-state index in [0.29, 0.717) is 11.8 Å². The summed E-state index contributed by atoms with van der Waals surface area (Å²) >= 11 is 0. The standard InChI is InChI=1S/C28H52N2O4/c1-20-16-18-23(29(7)27(20,3)4)22(14-12-10-9-11-13-15-25(31)32)26(33)34-24-19-17-21(2)28(5,6)30(24)8/h20-24H,9-19H2,1-8H3,(H,31,32). The van der Waals surface area contributed by atoms with Crippen LogP contribution in [0.15, 0.2) is 0 Å². The van der Waals surface area contributed by atoms with Crippen molar-refractivity contribution in [3.05, 3.63) is 0 Å². The van der Waals surface area contributed by atoms with Gasteiger partial charge in [0.05, 0.1) is 5.92 Å². The van der Waals surface area contributed by atoms with Crippen molar-refractivity contribution < 1.29 is 19.4 Å². The number of hydrogen-bond acceptors (Lipinski definition) is 5. The van der Waals surface area contributed by atoms with Gasteiger partial charge in [0.15, 0.2) is 6.23 Å². The Labute approximate surface area is 208 Å². The van der Waals surface area contributed by atoms with Gasteiger partial charge in [-0.2, -0.15) is 0 Å². The van der Waals surface area contributed by atoms with E-state index >= 15 is 0 Å². The summed E-state index contributed by atoms with van der Waals surface area (Å²) in [4.78, 5) is 29.1. The second-order valence-corrected chi connectivity index (χ2v) is 12.3. The molecule has 0 aromatic rings. The molecule has 6 heteroatoms. The van der Waals surface area contributed by atoms with Crippen LogP contribution in [0.3, 0.4) is 0 Å². The minimum Gasteiger partial charge on any atom is -0.481 e. The SMILES string of the molecule is CC1CCC(OC(=O)C(CCCCCCCC(=O)O)C2CCC(C)C(C)(C)N2C)N(C)C1(C)C. The van der Waals surface area contributed by atoms with Crippen LogP contribution in [0.1, 0.15) is 112 Å². The Morgan fingerprint density at radius 1 is 0.853 bits per heavy atom. The third-order valence-electron chi connectivity index (χ3n) is 9.83. The fourth-order valence-corrected chi connectivity index (χ4v) is 5.87. The first-order valence-corrected chi connectivity index (χ1v) is 13.7. The van der Waals surface area contributed by atoms with Crippen LogP contribution in [0.2, 0.25) is 0 Å². The molecule has 198 valence electrons. The third kappa shape index (κ3) is 6.96. The summed E-state index contributed by atoms with van der Waals surface area (Å²) < 4.78 is 6.26. The Hall–Kier alpha value is -1.14. The molecule has 0 aromatic heterocycles. The van der Waals surface area contributed by atoms with Gasteiger partial charge in [-0.3, -0.25) is 19.4 Å². The van der Waals surface area contributed by atoms with Crippen LogP contribution < -0.4 is 0 Å². The topological polar surface area (TPSA) is 70.1 Å². The van der Waals surface area contributed by atoms with Crippen LogP contribution in [0.25, 0.3) is 0 Å². The molecule has 0 saturated carbocycles. The number of hydrogen-bond donors (Lipinski definition) is 1. The third-order valence-corrected chi connectivity index (χ3v) is 9.83. The van der Waals surface area contributed by atoms with Gasteiger partial charge in [0.25, 0.3) is 0 Å². The molecule has 1 N–H and O–H groups in total. The first-order chi connectivity index (χ1) is 15.8. The molecule has 0 aliphatic carbocycles. The summed E-state index contributed by atoms with van der Waals surface area (Å²) in [6.45, 7) is 13.7. The average Bonchev–Trinajstić information content (AvgIpc) is 2.76. The molecule has 0 aromatic carbocycles. The summed E-state index contributed by atoms with van der Waals surface area (Å²) in [5.74, 6) is 0.287. The Bertz CT molecular complexity index is 677. The molecule has 5 unspecified atom stereocenters. The minimum atomic E-state index is -0.717. The molecular formula is C28H52N2O4. The molecule has 0 spiro atoms. The molecule has 6 nitrogen and oxygen atoms in total. The van der Waals surface area contributed by atoms with Crippen molar-refractivity contribution in [2.45, 2.75) is 136 Å². The van der Waals surface area contributed by atoms with E-state index in [1.54, 1.807) is 0 Å². The fourth-order valence-electron chi connectivity index (χ4n) is 5.87. The van der Waals surface area contributed by atoms with Crippen molar-refractivity contribution >= 4 is 11.9 Å². The predicted octanol–water partition coefficient (Wildman–Crippen LogP) is 5.94. The van der Waals surface area contributed by atoms with Gasteiger partial charge in [-0.1, -0.05) is 39.5 Å². The fraction of sp³-hybridized carbons (Fsp3) is 0.929. The first-order valence-electron chi connectivity index (χ1n) is 13.7. The van der Waals surface area contributed by atoms with Crippen molar-refractivity contribution in [3.8, 4) is 0 Å². The molecule has 0 radical (unpaired) electrons. The van der Waals surface area contributed by atoms with E-state index in [1.165, 1.54) is 0 Å². The zero-order valence-corrected chi connectivity index (χ0v) is 23.2. The van der Waals surface area contributed by atoms with Crippen LogP contribution in [0.4, 0.5) is 0 Å². The van der Waals surface area contributed by atoms with Gasteiger partial charge in [0, 0.05) is 23.5 Å². The molecule has 2 saturated heterocycles. The molecule has 0 bridgehead atoms. The van der Waals surface area contributed by atoms with E-state index in [1.807, 2.05) is 0 Å². The highest BCUT2D eigenvalue weighted by atomic mass is 16.6. The van der Waals surface area contributed by atoms with E-state index in [2.05, 4.69) is 65.4 Å². The second-order valence-electron chi connectivity index (χ2n) is 12.3. The van der Waals surface area contributed by atoms with E-state index in [-0.39, 0.29) is 41.7 Å². The number of rotatable bonds is 11. The molecule has 2 aliphatic rings. The predicted molar refractivity (Wildman–Crippen MR) is 138 cm³/mol. The molecule has 2 aliphatic heterocycles. The number of carboxylic acid groups (broad SMARTS) is 1. The summed E-state index contributed by atoms with van der Waals surface area (Å²) in [5, 5.41) is 8.82. The van der Waals surface area contributed by atoms with Crippen LogP contribution in [-0.4, -0.2) is 64.3 Å². The van der Waals surface area contributed by atoms with Crippen LogP contribution in [0.5, 0.6) is 0 Å². The number of unbranched alkanes of at least 4 members (excludes halogenated alkanes) is 4. The number of carbonyl (C=O) groups excluding carboxylic acids is 1. The highest BCUT2D eigenvalue weighted by Crippen LogP contribution is 2.40. The van der Waals surface area contributed by atoms with Crippen LogP contribution >= 0.6 is 0 Å². The van der Waals surface area contributed by atoms with Gasteiger partial charge in [-0.05, 0) is 92.2 Å². The van der Waals surface area contributed by atoms with Crippen LogP contribution in [0, 0.1) is 17.8 Å². The van der Waals surface area contributed by atoms with Crippen molar-refractivity contribution in [3.63, 3.8) is 0 Å². The number of piperidine rings is 2. The highest BCUT2D eigenvalue weighted by molar-refractivity contribution is 5.73. The van der Waals surface area contributed by atoms with Gasteiger partial charge >= 0.3 is 11.9 Å². The van der Waals surface area contributed by atoms with Crippen LogP contribution in [-0.2, 0) is 14.3 Å². The van der Waals surface area contributed by atoms with Crippen molar-refractivity contribution in [1.29, 1.82) is 0 Å². The maximum absolute atomic E-state index is 13.7. The number of nitrogens with zero attached hydrogens (tertiary/aromatic N) is 2. The molecule has 2 fully saturated rings. The summed E-state index contributed by atoms with van der Waals surface area (Å²) in [7, 11) is 4.28. The molecule has 5 atom stereocenters. The van der Waals surface area contributed by atoms with E-state index in [9.17, 15) is 9.59 Å². The summed E-state index contributed by atoms with van der Waals surface area (Å²) in [6, 6.07) is 0.201. The smallest absolute Gasteiger partial charge is 0.312 e. The zero-order chi connectivity index (χ0) is 25.7. The number of carbonyl (C=O) groups is 2. The largest absolute Gasteiger partial charge is 0.481 e. The van der Waals surface area contributed by atoms with Gasteiger partial charge in [0.2, 0.25) is 0 Å². The lowest BCUT2D eigenvalue weighted by Gasteiger charge is -2.52. The lowest BCUT2D eigenvalue weighted by atomic mass is 9.74. The number of ether oxygens (including phenoxy) is 1. The molecular weight excluding hydrogens is 428 g/mol. The Morgan fingerprint density at radius 2 is 1.38 bits per heavy atom. The lowest BCUT2D eigenvalue weighted by molar-refractivity contribution is -0.182. The van der Waals surface area contributed by atoms with E-state index < -0.39 is 5.97 Å². The normalized spacial score (nSPS) is 30.6. The molecule has 0 amide bonds. The highest BCUT2D eigenvalue weighted by Gasteiger charge is 2.46. The average molecular weight is 481 g/mol. The van der Waals surface area contributed by atoms with Gasteiger partial charge in [0.1, 0.15) is 0 Å². The number of carboxylic acids is 1.